The molecule has 21 heavy (non-hydrogen) atoms. The molecule has 1 aromatic rings. The van der Waals surface area contributed by atoms with Crippen molar-refractivity contribution in [3.8, 4) is 5.75 Å². The van der Waals surface area contributed by atoms with Gasteiger partial charge in [0.1, 0.15) is 12.0 Å². The van der Waals surface area contributed by atoms with E-state index in [-0.39, 0.29) is 6.04 Å². The van der Waals surface area contributed by atoms with Crippen LogP contribution >= 0.6 is 0 Å². The molecule has 0 amide bonds. The van der Waals surface area contributed by atoms with E-state index in [9.17, 15) is 5.11 Å². The first-order chi connectivity index (χ1) is 10.3. The Labute approximate surface area is 126 Å². The minimum atomic E-state index is -0.534. The molecule has 0 saturated heterocycles. The van der Waals surface area contributed by atoms with E-state index in [1.165, 1.54) is 38.5 Å². The number of methoxy groups -OCH3 is 1. The summed E-state index contributed by atoms with van der Waals surface area (Å²) in [7, 11) is 1.65. The fraction of sp³-hybridized carbons (Fsp3) is 0.647. The van der Waals surface area contributed by atoms with E-state index in [1.54, 1.807) is 7.11 Å². The summed E-state index contributed by atoms with van der Waals surface area (Å²) in [5, 5.41) is 16.8. The molecule has 4 nitrogen and oxygen atoms in total. The van der Waals surface area contributed by atoms with Gasteiger partial charge >= 0.3 is 0 Å². The van der Waals surface area contributed by atoms with Crippen LogP contribution in [0.15, 0.2) is 18.2 Å². The molecule has 1 aliphatic heterocycles. The number of hydrogen-bond acceptors (Lipinski definition) is 4. The number of benzene rings is 1. The zero-order valence-electron chi connectivity index (χ0n) is 12.8. The Morgan fingerprint density at radius 1 is 1.10 bits per heavy atom. The van der Waals surface area contributed by atoms with E-state index in [0.29, 0.717) is 0 Å². The van der Waals surface area contributed by atoms with Crippen molar-refractivity contribution in [1.82, 2.24) is 0 Å². The first-order valence-corrected chi connectivity index (χ1v) is 8.15. The Balaban J connectivity index is 1.47. The van der Waals surface area contributed by atoms with Crippen molar-refractivity contribution in [3.05, 3.63) is 18.2 Å². The number of anilines is 2. The number of rotatable bonds is 7. The van der Waals surface area contributed by atoms with Crippen molar-refractivity contribution in [2.75, 3.05) is 17.7 Å². The second kappa shape index (κ2) is 6.56. The van der Waals surface area contributed by atoms with Gasteiger partial charge in [-0.2, -0.15) is 0 Å². The van der Waals surface area contributed by atoms with Crippen molar-refractivity contribution in [1.29, 1.82) is 0 Å². The average molecular weight is 290 g/mol. The zero-order chi connectivity index (χ0) is 14.7. The smallest absolute Gasteiger partial charge is 0.144 e. The second-order valence-corrected chi connectivity index (χ2v) is 6.33. The van der Waals surface area contributed by atoms with Gasteiger partial charge in [-0.3, -0.25) is 0 Å². The van der Waals surface area contributed by atoms with E-state index >= 15 is 0 Å². The van der Waals surface area contributed by atoms with E-state index in [0.717, 1.165) is 29.5 Å². The normalized spacial score (nSPS) is 23.9. The highest BCUT2D eigenvalue weighted by molar-refractivity contribution is 5.73. The second-order valence-electron chi connectivity index (χ2n) is 6.33. The number of aliphatic hydroxyl groups excluding tert-OH is 1. The van der Waals surface area contributed by atoms with Crippen LogP contribution in [-0.2, 0) is 0 Å². The van der Waals surface area contributed by atoms with Crippen LogP contribution in [0, 0.1) is 5.92 Å². The standard InChI is InChI=1S/C17H26N2O2/c1-21-13-9-10-14-16(11-13)19-17(20)15(18-14)6-4-2-3-5-12-7-8-12/h9-12,15,17-20H,2-8H2,1H3. The molecule has 0 radical (unpaired) electrons. The largest absolute Gasteiger partial charge is 0.497 e. The third-order valence-electron chi connectivity index (χ3n) is 4.58. The van der Waals surface area contributed by atoms with E-state index < -0.39 is 6.23 Å². The predicted molar refractivity (Wildman–Crippen MR) is 85.8 cm³/mol. The molecule has 2 unspecified atom stereocenters. The van der Waals surface area contributed by atoms with E-state index in [2.05, 4.69) is 10.6 Å². The SMILES string of the molecule is COc1ccc2c(c1)NC(O)C(CCCCCC1CC1)N2. The van der Waals surface area contributed by atoms with Crippen LogP contribution in [0.4, 0.5) is 11.4 Å². The van der Waals surface area contributed by atoms with Gasteiger partial charge in [0, 0.05) is 6.07 Å². The summed E-state index contributed by atoms with van der Waals surface area (Å²) in [4.78, 5) is 0. The number of unbranched alkanes of at least 4 members (excludes halogenated alkanes) is 2. The highest BCUT2D eigenvalue weighted by Gasteiger charge is 2.25. The molecule has 1 aromatic carbocycles. The zero-order valence-corrected chi connectivity index (χ0v) is 12.8. The number of hydrogen-bond donors (Lipinski definition) is 3. The lowest BCUT2D eigenvalue weighted by molar-refractivity contribution is 0.171. The van der Waals surface area contributed by atoms with Crippen LogP contribution in [0.5, 0.6) is 5.75 Å². The van der Waals surface area contributed by atoms with Gasteiger partial charge in [-0.15, -0.1) is 0 Å². The first-order valence-electron chi connectivity index (χ1n) is 8.15. The highest BCUT2D eigenvalue weighted by atomic mass is 16.5. The topological polar surface area (TPSA) is 53.5 Å². The third kappa shape index (κ3) is 3.82. The van der Waals surface area contributed by atoms with Gasteiger partial charge < -0.3 is 20.5 Å². The summed E-state index contributed by atoms with van der Waals surface area (Å²) >= 11 is 0. The molecule has 116 valence electrons. The van der Waals surface area contributed by atoms with Gasteiger partial charge in [0.25, 0.3) is 0 Å². The van der Waals surface area contributed by atoms with Crippen molar-refractivity contribution in [2.24, 2.45) is 5.92 Å². The fourth-order valence-corrected chi connectivity index (χ4v) is 3.04. The molecule has 0 spiro atoms. The predicted octanol–water partition coefficient (Wildman–Crippen LogP) is 3.58. The summed E-state index contributed by atoms with van der Waals surface area (Å²) in [6.45, 7) is 0. The maximum absolute atomic E-state index is 10.2. The van der Waals surface area contributed by atoms with Crippen molar-refractivity contribution in [3.63, 3.8) is 0 Å². The molecule has 0 aromatic heterocycles. The van der Waals surface area contributed by atoms with Crippen molar-refractivity contribution in [2.45, 2.75) is 57.2 Å². The number of fused-ring (bicyclic) bond motifs is 1. The Kier molecular flexibility index (Phi) is 4.54. The molecular weight excluding hydrogens is 264 g/mol. The van der Waals surface area contributed by atoms with Crippen molar-refractivity contribution < 1.29 is 9.84 Å². The van der Waals surface area contributed by atoms with Crippen LogP contribution in [0.3, 0.4) is 0 Å². The Morgan fingerprint density at radius 3 is 2.67 bits per heavy atom. The van der Waals surface area contributed by atoms with Crippen LogP contribution in [0.25, 0.3) is 0 Å². The molecule has 4 heteroatoms. The molecule has 2 atom stereocenters. The quantitative estimate of drug-likeness (QED) is 0.672. The van der Waals surface area contributed by atoms with E-state index in [1.807, 2.05) is 18.2 Å². The van der Waals surface area contributed by atoms with Crippen LogP contribution in [0.1, 0.15) is 44.9 Å². The lowest BCUT2D eigenvalue weighted by atomic mass is 10.0. The molecule has 0 bridgehead atoms. The number of nitrogens with one attached hydrogen (secondary N) is 2. The molecule has 1 fully saturated rings. The molecule has 2 aliphatic rings. The first kappa shape index (κ1) is 14.5. The average Bonchev–Trinajstić information content (AvgIpc) is 3.31. The molecule has 3 N–H and O–H groups in total. The van der Waals surface area contributed by atoms with Gasteiger partial charge in [0.2, 0.25) is 0 Å². The number of ether oxygens (including phenoxy) is 1. The highest BCUT2D eigenvalue weighted by Crippen LogP contribution is 2.35. The fourth-order valence-electron chi connectivity index (χ4n) is 3.04. The van der Waals surface area contributed by atoms with Crippen LogP contribution in [0.2, 0.25) is 0 Å². The van der Waals surface area contributed by atoms with Gasteiger partial charge in [-0.25, -0.2) is 0 Å². The lowest BCUT2D eigenvalue weighted by Crippen LogP contribution is -2.42. The third-order valence-corrected chi connectivity index (χ3v) is 4.58. The molecule has 3 rings (SSSR count). The van der Waals surface area contributed by atoms with Gasteiger partial charge in [0.15, 0.2) is 0 Å². The molecule has 1 saturated carbocycles. The molecule has 1 heterocycles. The van der Waals surface area contributed by atoms with E-state index in [4.69, 9.17) is 4.74 Å². The van der Waals surface area contributed by atoms with Gasteiger partial charge in [0.05, 0.1) is 24.5 Å². The Bertz CT molecular complexity index is 474. The minimum absolute atomic E-state index is 0.0896. The van der Waals surface area contributed by atoms with Gasteiger partial charge in [-0.05, 0) is 24.5 Å². The Hall–Kier alpha value is -1.42. The van der Waals surface area contributed by atoms with Gasteiger partial charge in [-0.1, -0.05) is 38.5 Å². The summed E-state index contributed by atoms with van der Waals surface area (Å²) in [5.41, 5.74) is 1.95. The van der Waals surface area contributed by atoms with Crippen LogP contribution < -0.4 is 15.4 Å². The number of aliphatic hydroxyl groups is 1. The molecular formula is C17H26N2O2. The molecule has 1 aliphatic carbocycles. The van der Waals surface area contributed by atoms with Crippen molar-refractivity contribution >= 4 is 11.4 Å². The minimum Gasteiger partial charge on any atom is -0.497 e. The summed E-state index contributed by atoms with van der Waals surface area (Å²) < 4.78 is 5.21. The summed E-state index contributed by atoms with van der Waals surface area (Å²) in [6, 6.07) is 5.95. The van der Waals surface area contributed by atoms with Crippen LogP contribution in [-0.4, -0.2) is 24.5 Å². The lowest BCUT2D eigenvalue weighted by Gasteiger charge is -2.33. The maximum atomic E-state index is 10.2. The monoisotopic (exact) mass is 290 g/mol. The summed E-state index contributed by atoms with van der Waals surface area (Å²) in [5.74, 6) is 1.83. The summed E-state index contributed by atoms with van der Waals surface area (Å²) in [6.07, 6.45) is 8.57. The Morgan fingerprint density at radius 2 is 1.90 bits per heavy atom. The maximum Gasteiger partial charge on any atom is 0.144 e.